The SMILES string of the molecule is CC1=C[C@@]23CCC(C)(C)[C@@H](C)[C@H](CCC(OC(=O)O)C2C1O)C3O. The van der Waals surface area contributed by atoms with Crippen LogP contribution in [0.1, 0.15) is 53.4 Å². The molecular weight excluding hydrogens is 308 g/mol. The smallest absolute Gasteiger partial charge is 0.450 e. The van der Waals surface area contributed by atoms with Gasteiger partial charge >= 0.3 is 6.16 Å². The van der Waals surface area contributed by atoms with E-state index in [1.165, 1.54) is 0 Å². The first-order valence-corrected chi connectivity index (χ1v) is 9.05. The molecule has 0 aromatic heterocycles. The summed E-state index contributed by atoms with van der Waals surface area (Å²) < 4.78 is 5.20. The molecule has 136 valence electrons. The second-order valence-corrected chi connectivity index (χ2v) is 8.86. The zero-order valence-electron chi connectivity index (χ0n) is 15.0. The van der Waals surface area contributed by atoms with Gasteiger partial charge in [0.05, 0.1) is 12.2 Å². The van der Waals surface area contributed by atoms with Gasteiger partial charge in [0.2, 0.25) is 0 Å². The fraction of sp³-hybridized carbons (Fsp3) is 0.842. The molecule has 3 aliphatic rings. The molecule has 0 amide bonds. The minimum absolute atomic E-state index is 0.0849. The van der Waals surface area contributed by atoms with Gasteiger partial charge in [-0.15, -0.1) is 0 Å². The Labute approximate surface area is 143 Å². The fourth-order valence-electron chi connectivity index (χ4n) is 5.63. The van der Waals surface area contributed by atoms with Gasteiger partial charge in [-0.05, 0) is 55.4 Å². The lowest BCUT2D eigenvalue weighted by atomic mass is 9.67. The van der Waals surface area contributed by atoms with Crippen molar-refractivity contribution in [3.63, 3.8) is 0 Å². The Balaban J connectivity index is 2.09. The first-order chi connectivity index (χ1) is 11.1. The van der Waals surface area contributed by atoms with E-state index in [1.54, 1.807) is 0 Å². The quantitative estimate of drug-likeness (QED) is 0.505. The van der Waals surface area contributed by atoms with Gasteiger partial charge in [-0.3, -0.25) is 0 Å². The Hall–Kier alpha value is -1.07. The lowest BCUT2D eigenvalue weighted by Gasteiger charge is -2.41. The summed E-state index contributed by atoms with van der Waals surface area (Å²) in [7, 11) is 0. The van der Waals surface area contributed by atoms with Gasteiger partial charge < -0.3 is 20.1 Å². The van der Waals surface area contributed by atoms with Crippen LogP contribution in [-0.4, -0.2) is 39.8 Å². The molecule has 2 saturated carbocycles. The molecule has 0 aromatic carbocycles. The predicted octanol–water partition coefficient (Wildman–Crippen LogP) is 3.20. The summed E-state index contributed by atoms with van der Waals surface area (Å²) >= 11 is 0. The molecule has 4 unspecified atom stereocenters. The van der Waals surface area contributed by atoms with Crippen LogP contribution >= 0.6 is 0 Å². The van der Waals surface area contributed by atoms with Crippen molar-refractivity contribution in [1.29, 1.82) is 0 Å². The van der Waals surface area contributed by atoms with Crippen LogP contribution < -0.4 is 0 Å². The molecule has 3 aliphatic carbocycles. The third-order valence-corrected chi connectivity index (χ3v) is 7.39. The lowest BCUT2D eigenvalue weighted by Crippen LogP contribution is -2.48. The van der Waals surface area contributed by atoms with Gasteiger partial charge in [0.15, 0.2) is 0 Å². The van der Waals surface area contributed by atoms with Gasteiger partial charge in [0.25, 0.3) is 0 Å². The highest BCUT2D eigenvalue weighted by Gasteiger charge is 2.61. The largest absolute Gasteiger partial charge is 0.506 e. The summed E-state index contributed by atoms with van der Waals surface area (Å²) in [6.07, 6.45) is 1.80. The van der Waals surface area contributed by atoms with Gasteiger partial charge in [0.1, 0.15) is 6.10 Å². The predicted molar refractivity (Wildman–Crippen MR) is 89.5 cm³/mol. The average Bonchev–Trinajstić information content (AvgIpc) is 2.65. The molecule has 1 spiro atoms. The van der Waals surface area contributed by atoms with Crippen molar-refractivity contribution in [2.24, 2.45) is 28.6 Å². The van der Waals surface area contributed by atoms with Crippen molar-refractivity contribution < 1.29 is 24.9 Å². The second-order valence-electron chi connectivity index (χ2n) is 8.86. The van der Waals surface area contributed by atoms with Crippen LogP contribution in [-0.2, 0) is 4.74 Å². The highest BCUT2D eigenvalue weighted by atomic mass is 16.7. The van der Waals surface area contributed by atoms with Crippen molar-refractivity contribution in [1.82, 2.24) is 0 Å². The summed E-state index contributed by atoms with van der Waals surface area (Å²) in [4.78, 5) is 11.2. The van der Waals surface area contributed by atoms with Gasteiger partial charge in [-0.1, -0.05) is 26.8 Å². The highest BCUT2D eigenvalue weighted by molar-refractivity contribution is 5.57. The standard InChI is InChI=1S/C19H30O5/c1-10-9-19-8-7-18(3,4)11(2)12(16(19)21)5-6-13(24-17(22)23)14(19)15(10)20/h9,11-16,20-21H,5-8H2,1-4H3,(H,22,23)/t11-,12-,13?,14?,15?,16?,19-/m0/s1. The first kappa shape index (κ1) is 17.7. The number of fused-ring (bicyclic) bond motifs is 1. The van der Waals surface area contributed by atoms with Gasteiger partial charge in [-0.2, -0.15) is 0 Å². The molecule has 2 fully saturated rings. The molecule has 0 aliphatic heterocycles. The van der Waals surface area contributed by atoms with Gasteiger partial charge in [-0.25, -0.2) is 4.79 Å². The number of carboxylic acid groups (broad SMARTS) is 1. The van der Waals surface area contributed by atoms with E-state index in [4.69, 9.17) is 9.84 Å². The molecule has 7 atom stereocenters. The second kappa shape index (κ2) is 5.73. The molecule has 24 heavy (non-hydrogen) atoms. The number of aliphatic hydroxyl groups is 2. The summed E-state index contributed by atoms with van der Waals surface area (Å²) in [6, 6.07) is 0. The minimum atomic E-state index is -1.30. The molecule has 3 N–H and O–H groups in total. The van der Waals surface area contributed by atoms with E-state index >= 15 is 0 Å². The number of carbonyl (C=O) groups is 1. The van der Waals surface area contributed by atoms with Crippen LogP contribution in [0.3, 0.4) is 0 Å². The third-order valence-electron chi connectivity index (χ3n) is 7.39. The van der Waals surface area contributed by atoms with Crippen molar-refractivity contribution in [3.8, 4) is 0 Å². The maximum Gasteiger partial charge on any atom is 0.506 e. The van der Waals surface area contributed by atoms with Crippen LogP contribution in [0.5, 0.6) is 0 Å². The molecule has 0 radical (unpaired) electrons. The van der Waals surface area contributed by atoms with Crippen molar-refractivity contribution >= 4 is 6.16 Å². The van der Waals surface area contributed by atoms with E-state index in [-0.39, 0.29) is 11.3 Å². The Morgan fingerprint density at radius 2 is 1.92 bits per heavy atom. The number of aliphatic hydroxyl groups excluding tert-OH is 2. The van der Waals surface area contributed by atoms with Crippen LogP contribution in [0.4, 0.5) is 4.79 Å². The summed E-state index contributed by atoms with van der Waals surface area (Å²) in [5.74, 6) is 0.0130. The lowest BCUT2D eigenvalue weighted by molar-refractivity contribution is -0.0808. The number of hydrogen-bond donors (Lipinski definition) is 3. The van der Waals surface area contributed by atoms with E-state index in [0.29, 0.717) is 12.3 Å². The summed E-state index contributed by atoms with van der Waals surface area (Å²) in [5.41, 5.74) is 0.341. The van der Waals surface area contributed by atoms with Crippen molar-refractivity contribution in [2.75, 3.05) is 0 Å². The number of hydrogen-bond acceptors (Lipinski definition) is 4. The molecule has 0 aromatic rings. The monoisotopic (exact) mass is 338 g/mol. The number of rotatable bonds is 1. The van der Waals surface area contributed by atoms with Crippen LogP contribution in [0.2, 0.25) is 0 Å². The first-order valence-electron chi connectivity index (χ1n) is 9.05. The maximum absolute atomic E-state index is 11.3. The van der Waals surface area contributed by atoms with Crippen LogP contribution in [0, 0.1) is 28.6 Å². The Morgan fingerprint density at radius 3 is 2.54 bits per heavy atom. The topological polar surface area (TPSA) is 87.0 Å². The van der Waals surface area contributed by atoms with Gasteiger partial charge in [0, 0.05) is 11.3 Å². The number of ether oxygens (including phenoxy) is 1. The molecule has 5 heteroatoms. The molecule has 0 saturated heterocycles. The molecule has 3 rings (SSSR count). The molecule has 2 bridgehead atoms. The molecule has 0 heterocycles. The van der Waals surface area contributed by atoms with Crippen LogP contribution in [0.25, 0.3) is 0 Å². The summed E-state index contributed by atoms with van der Waals surface area (Å²) in [6.45, 7) is 8.57. The van der Waals surface area contributed by atoms with Crippen molar-refractivity contribution in [2.45, 2.75) is 71.7 Å². The molecular formula is C19H30O5. The van der Waals surface area contributed by atoms with E-state index in [1.807, 2.05) is 13.0 Å². The average molecular weight is 338 g/mol. The van der Waals surface area contributed by atoms with Crippen molar-refractivity contribution in [3.05, 3.63) is 11.6 Å². The normalized spacial score (nSPS) is 47.2. The van der Waals surface area contributed by atoms with E-state index in [2.05, 4.69) is 20.8 Å². The van der Waals surface area contributed by atoms with E-state index < -0.39 is 35.8 Å². The zero-order chi connectivity index (χ0) is 17.9. The molecule has 5 nitrogen and oxygen atoms in total. The highest BCUT2D eigenvalue weighted by Crippen LogP contribution is 2.60. The third kappa shape index (κ3) is 2.48. The Morgan fingerprint density at radius 1 is 1.25 bits per heavy atom. The fourth-order valence-corrected chi connectivity index (χ4v) is 5.63. The zero-order valence-corrected chi connectivity index (χ0v) is 15.0. The van der Waals surface area contributed by atoms with E-state index in [9.17, 15) is 15.0 Å². The Kier molecular flexibility index (Phi) is 4.24. The summed E-state index contributed by atoms with van der Waals surface area (Å²) in [5, 5.41) is 31.2. The maximum atomic E-state index is 11.3. The Bertz CT molecular complexity index is 554. The van der Waals surface area contributed by atoms with E-state index in [0.717, 1.165) is 24.8 Å². The van der Waals surface area contributed by atoms with Crippen LogP contribution in [0.15, 0.2) is 11.6 Å². The minimum Gasteiger partial charge on any atom is -0.450 e.